The second-order valence-electron chi connectivity index (χ2n) is 5.48. The lowest BCUT2D eigenvalue weighted by atomic mass is 9.95. The molecule has 1 aliphatic carbocycles. The summed E-state index contributed by atoms with van der Waals surface area (Å²) in [5.41, 5.74) is 3.15. The summed E-state index contributed by atoms with van der Waals surface area (Å²) >= 11 is 0. The largest absolute Gasteiger partial charge is 0.367 e. The van der Waals surface area contributed by atoms with Gasteiger partial charge in [-0.15, -0.1) is 0 Å². The monoisotopic (exact) mass is 256 g/mol. The molecule has 2 heterocycles. The number of nitriles is 1. The predicted molar refractivity (Wildman–Crippen MR) is 75.1 cm³/mol. The van der Waals surface area contributed by atoms with Crippen molar-refractivity contribution in [2.45, 2.75) is 44.6 Å². The molecule has 3 rings (SSSR count). The number of nitrogens with one attached hydrogen (secondary N) is 2. The van der Waals surface area contributed by atoms with Gasteiger partial charge in [-0.25, -0.2) is 4.98 Å². The van der Waals surface area contributed by atoms with Gasteiger partial charge in [0.25, 0.3) is 0 Å². The molecule has 100 valence electrons. The fourth-order valence-corrected chi connectivity index (χ4v) is 3.00. The van der Waals surface area contributed by atoms with E-state index in [0.29, 0.717) is 11.6 Å². The van der Waals surface area contributed by atoms with Gasteiger partial charge in [-0.05, 0) is 56.7 Å². The van der Waals surface area contributed by atoms with Crippen molar-refractivity contribution in [3.63, 3.8) is 0 Å². The van der Waals surface area contributed by atoms with E-state index in [4.69, 9.17) is 0 Å². The van der Waals surface area contributed by atoms with Gasteiger partial charge in [0, 0.05) is 18.3 Å². The summed E-state index contributed by atoms with van der Waals surface area (Å²) in [7, 11) is 0. The number of anilines is 1. The molecule has 0 spiro atoms. The summed E-state index contributed by atoms with van der Waals surface area (Å²) in [6, 6.07) is 4.83. The quantitative estimate of drug-likeness (QED) is 0.868. The van der Waals surface area contributed by atoms with Crippen LogP contribution in [-0.2, 0) is 12.8 Å². The van der Waals surface area contributed by atoms with E-state index in [1.54, 1.807) is 0 Å². The molecule has 0 saturated carbocycles. The third-order valence-electron chi connectivity index (χ3n) is 4.10. The summed E-state index contributed by atoms with van der Waals surface area (Å²) in [6.45, 7) is 1.97. The Morgan fingerprint density at radius 2 is 2.26 bits per heavy atom. The first-order valence-corrected chi connectivity index (χ1v) is 7.27. The van der Waals surface area contributed by atoms with E-state index < -0.39 is 0 Å². The lowest BCUT2D eigenvalue weighted by molar-refractivity contribution is 0.630. The van der Waals surface area contributed by atoms with Crippen LogP contribution >= 0.6 is 0 Å². The molecule has 2 aliphatic rings. The van der Waals surface area contributed by atoms with Crippen LogP contribution in [0.5, 0.6) is 0 Å². The first-order chi connectivity index (χ1) is 9.36. The number of rotatable bonds is 3. The SMILES string of the molecule is N#Cc1cc2c(nc1NCC1CCCN1)CCCC2. The smallest absolute Gasteiger partial charge is 0.144 e. The van der Waals surface area contributed by atoms with Crippen molar-refractivity contribution in [1.82, 2.24) is 10.3 Å². The fraction of sp³-hybridized carbons (Fsp3) is 0.600. The Kier molecular flexibility index (Phi) is 3.65. The average Bonchev–Trinajstić information content (AvgIpc) is 2.97. The van der Waals surface area contributed by atoms with Gasteiger partial charge in [0.15, 0.2) is 0 Å². The fourth-order valence-electron chi connectivity index (χ4n) is 3.00. The van der Waals surface area contributed by atoms with Crippen molar-refractivity contribution in [3.05, 3.63) is 22.9 Å². The van der Waals surface area contributed by atoms with Gasteiger partial charge in [-0.3, -0.25) is 0 Å². The first kappa shape index (κ1) is 12.4. The maximum absolute atomic E-state index is 9.27. The molecule has 0 aromatic carbocycles. The number of aryl methyl sites for hydroxylation is 2. The molecule has 1 atom stereocenters. The minimum absolute atomic E-state index is 0.518. The van der Waals surface area contributed by atoms with E-state index in [1.807, 2.05) is 6.07 Å². The van der Waals surface area contributed by atoms with Crippen LogP contribution in [-0.4, -0.2) is 24.1 Å². The summed E-state index contributed by atoms with van der Waals surface area (Å²) in [5, 5.41) is 16.1. The standard InChI is InChI=1S/C15H20N4/c16-9-12-8-11-4-1-2-6-14(11)19-15(12)18-10-13-5-3-7-17-13/h8,13,17H,1-7,10H2,(H,18,19). The van der Waals surface area contributed by atoms with Gasteiger partial charge in [-0.2, -0.15) is 5.26 Å². The second kappa shape index (κ2) is 5.58. The molecular weight excluding hydrogens is 236 g/mol. The molecule has 19 heavy (non-hydrogen) atoms. The van der Waals surface area contributed by atoms with E-state index in [1.165, 1.54) is 36.9 Å². The minimum atomic E-state index is 0.518. The number of pyridine rings is 1. The molecule has 1 aliphatic heterocycles. The zero-order chi connectivity index (χ0) is 13.1. The number of aromatic nitrogens is 1. The van der Waals surface area contributed by atoms with Crippen LogP contribution in [0.15, 0.2) is 6.07 Å². The molecule has 0 bridgehead atoms. The summed E-state index contributed by atoms with van der Waals surface area (Å²) in [4.78, 5) is 4.68. The molecule has 2 N–H and O–H groups in total. The van der Waals surface area contributed by atoms with Gasteiger partial charge in [0.05, 0.1) is 5.56 Å². The molecule has 1 aromatic heterocycles. The molecule has 0 amide bonds. The van der Waals surface area contributed by atoms with Crippen molar-refractivity contribution in [1.29, 1.82) is 5.26 Å². The Morgan fingerprint density at radius 1 is 1.37 bits per heavy atom. The minimum Gasteiger partial charge on any atom is -0.367 e. The Morgan fingerprint density at radius 3 is 3.05 bits per heavy atom. The van der Waals surface area contributed by atoms with Crippen molar-refractivity contribution in [2.75, 3.05) is 18.4 Å². The van der Waals surface area contributed by atoms with Gasteiger partial charge in [0.1, 0.15) is 11.9 Å². The van der Waals surface area contributed by atoms with E-state index in [-0.39, 0.29) is 0 Å². The molecule has 1 unspecified atom stereocenters. The van der Waals surface area contributed by atoms with Crippen molar-refractivity contribution >= 4 is 5.82 Å². The first-order valence-electron chi connectivity index (χ1n) is 7.27. The average molecular weight is 256 g/mol. The Labute approximate surface area is 114 Å². The Balaban J connectivity index is 1.77. The van der Waals surface area contributed by atoms with Gasteiger partial charge >= 0.3 is 0 Å². The molecule has 4 nitrogen and oxygen atoms in total. The van der Waals surface area contributed by atoms with Crippen LogP contribution < -0.4 is 10.6 Å². The van der Waals surface area contributed by atoms with E-state index in [9.17, 15) is 5.26 Å². The zero-order valence-electron chi connectivity index (χ0n) is 11.2. The summed E-state index contributed by atoms with van der Waals surface area (Å²) in [6.07, 6.45) is 7.02. The zero-order valence-corrected chi connectivity index (χ0v) is 11.2. The third-order valence-corrected chi connectivity index (χ3v) is 4.10. The predicted octanol–water partition coefficient (Wildman–Crippen LogP) is 2.00. The van der Waals surface area contributed by atoms with Crippen LogP contribution in [0.1, 0.15) is 42.5 Å². The van der Waals surface area contributed by atoms with Crippen LogP contribution in [0, 0.1) is 11.3 Å². The lowest BCUT2D eigenvalue weighted by Crippen LogP contribution is -2.30. The van der Waals surface area contributed by atoms with E-state index in [0.717, 1.165) is 31.7 Å². The van der Waals surface area contributed by atoms with Gasteiger partial charge < -0.3 is 10.6 Å². The number of nitrogens with zero attached hydrogens (tertiary/aromatic N) is 2. The highest BCUT2D eigenvalue weighted by molar-refractivity contribution is 5.54. The van der Waals surface area contributed by atoms with E-state index >= 15 is 0 Å². The highest BCUT2D eigenvalue weighted by Gasteiger charge is 2.17. The van der Waals surface area contributed by atoms with Crippen molar-refractivity contribution in [3.8, 4) is 6.07 Å². The highest BCUT2D eigenvalue weighted by Crippen LogP contribution is 2.24. The maximum Gasteiger partial charge on any atom is 0.144 e. The highest BCUT2D eigenvalue weighted by atomic mass is 15.0. The molecule has 1 saturated heterocycles. The second-order valence-corrected chi connectivity index (χ2v) is 5.48. The summed E-state index contributed by atoms with van der Waals surface area (Å²) in [5.74, 6) is 0.775. The number of hydrogen-bond acceptors (Lipinski definition) is 4. The number of fused-ring (bicyclic) bond motifs is 1. The van der Waals surface area contributed by atoms with Gasteiger partial charge in [0.2, 0.25) is 0 Å². The summed E-state index contributed by atoms with van der Waals surface area (Å²) < 4.78 is 0. The van der Waals surface area contributed by atoms with Crippen LogP contribution in [0.25, 0.3) is 0 Å². The van der Waals surface area contributed by atoms with Crippen molar-refractivity contribution in [2.24, 2.45) is 0 Å². The Bertz CT molecular complexity index is 498. The van der Waals surface area contributed by atoms with Gasteiger partial charge in [-0.1, -0.05) is 0 Å². The topological polar surface area (TPSA) is 60.7 Å². The molecular formula is C15H20N4. The Hall–Kier alpha value is -1.60. The van der Waals surface area contributed by atoms with Crippen LogP contribution in [0.4, 0.5) is 5.82 Å². The third kappa shape index (κ3) is 2.71. The molecule has 4 heteroatoms. The van der Waals surface area contributed by atoms with Crippen molar-refractivity contribution < 1.29 is 0 Å². The normalized spacial score (nSPS) is 21.7. The number of hydrogen-bond donors (Lipinski definition) is 2. The molecule has 1 fully saturated rings. The maximum atomic E-state index is 9.27. The molecule has 0 radical (unpaired) electrons. The molecule has 1 aromatic rings. The van der Waals surface area contributed by atoms with Crippen LogP contribution in [0.3, 0.4) is 0 Å². The van der Waals surface area contributed by atoms with E-state index in [2.05, 4.69) is 21.7 Å². The van der Waals surface area contributed by atoms with Crippen LogP contribution in [0.2, 0.25) is 0 Å². The lowest BCUT2D eigenvalue weighted by Gasteiger charge is -2.18.